The Bertz CT molecular complexity index is 268. The molecule has 0 saturated carbocycles. The Morgan fingerprint density at radius 3 is 2.68 bits per heavy atom. The third kappa shape index (κ3) is 5.49. The second-order valence-electron chi connectivity index (χ2n) is 5.78. The maximum Gasteiger partial charge on any atom is 0.239 e. The number of amides is 1. The Morgan fingerprint density at radius 1 is 1.37 bits per heavy atom. The number of likely N-dealkylation sites (N-methyl/N-ethyl adjacent to an activating group) is 1. The summed E-state index contributed by atoms with van der Waals surface area (Å²) in [5.41, 5.74) is 0. The van der Waals surface area contributed by atoms with Crippen LogP contribution in [-0.4, -0.2) is 60.5 Å². The van der Waals surface area contributed by atoms with Gasteiger partial charge >= 0.3 is 0 Å². The zero-order valence-corrected chi connectivity index (χ0v) is 13.1. The van der Waals surface area contributed by atoms with E-state index in [4.69, 9.17) is 0 Å². The van der Waals surface area contributed by atoms with E-state index in [0.29, 0.717) is 11.9 Å². The van der Waals surface area contributed by atoms with Crippen molar-refractivity contribution in [1.82, 2.24) is 15.1 Å². The summed E-state index contributed by atoms with van der Waals surface area (Å²) in [6, 6.07) is 0.413. The maximum atomic E-state index is 12.4. The summed E-state index contributed by atoms with van der Waals surface area (Å²) in [6.07, 6.45) is 3.29. The minimum atomic E-state index is 0.0370. The van der Waals surface area contributed by atoms with E-state index in [2.05, 4.69) is 37.9 Å². The fourth-order valence-electron chi connectivity index (χ4n) is 2.73. The van der Waals surface area contributed by atoms with E-state index in [1.807, 2.05) is 4.90 Å². The Balaban J connectivity index is 2.42. The first-order valence-corrected chi connectivity index (χ1v) is 7.85. The minimum Gasteiger partial charge on any atom is -0.340 e. The number of carbonyl (C=O) groups is 1. The molecule has 4 heteroatoms. The molecule has 0 aromatic rings. The number of hydrogen-bond donors (Lipinski definition) is 1. The highest BCUT2D eigenvalue weighted by Crippen LogP contribution is 2.12. The average molecular weight is 269 g/mol. The van der Waals surface area contributed by atoms with Crippen molar-refractivity contribution in [2.75, 3.05) is 32.7 Å². The monoisotopic (exact) mass is 269 g/mol. The van der Waals surface area contributed by atoms with Crippen molar-refractivity contribution in [3.8, 4) is 0 Å². The van der Waals surface area contributed by atoms with Crippen molar-refractivity contribution in [1.29, 1.82) is 0 Å². The summed E-state index contributed by atoms with van der Waals surface area (Å²) in [7, 11) is 0. The highest BCUT2D eigenvalue weighted by atomic mass is 16.2. The predicted molar refractivity (Wildman–Crippen MR) is 80.3 cm³/mol. The molecule has 0 bridgehead atoms. The largest absolute Gasteiger partial charge is 0.340 e. The molecule has 0 aliphatic carbocycles. The molecule has 19 heavy (non-hydrogen) atoms. The highest BCUT2D eigenvalue weighted by Gasteiger charge is 2.28. The lowest BCUT2D eigenvalue weighted by Gasteiger charge is -2.35. The van der Waals surface area contributed by atoms with Crippen molar-refractivity contribution in [3.05, 3.63) is 0 Å². The number of hydrogen-bond acceptors (Lipinski definition) is 3. The standard InChI is InChI=1S/C15H31N3O/c1-5-9-17(6-2)11-12-18-10-7-8-14(15(18)19)16-13(3)4/h13-14,16H,5-12H2,1-4H3. The minimum absolute atomic E-state index is 0.0370. The van der Waals surface area contributed by atoms with Gasteiger partial charge in [-0.1, -0.05) is 27.7 Å². The van der Waals surface area contributed by atoms with Gasteiger partial charge in [0.15, 0.2) is 0 Å². The van der Waals surface area contributed by atoms with Crippen LogP contribution < -0.4 is 5.32 Å². The second kappa shape index (κ2) is 8.54. The van der Waals surface area contributed by atoms with Crippen LogP contribution in [0.1, 0.15) is 47.0 Å². The molecule has 1 aliphatic rings. The Morgan fingerprint density at radius 2 is 2.11 bits per heavy atom. The molecule has 0 spiro atoms. The number of piperidine rings is 1. The van der Waals surface area contributed by atoms with Gasteiger partial charge in [0.1, 0.15) is 0 Å². The van der Waals surface area contributed by atoms with Crippen LogP contribution in [0.15, 0.2) is 0 Å². The van der Waals surface area contributed by atoms with Crippen LogP contribution in [0, 0.1) is 0 Å². The topological polar surface area (TPSA) is 35.6 Å². The predicted octanol–water partition coefficient (Wildman–Crippen LogP) is 1.71. The van der Waals surface area contributed by atoms with Gasteiger partial charge in [-0.05, 0) is 32.4 Å². The third-order valence-corrected chi connectivity index (χ3v) is 3.74. The highest BCUT2D eigenvalue weighted by molar-refractivity contribution is 5.82. The van der Waals surface area contributed by atoms with Crippen LogP contribution in [0.25, 0.3) is 0 Å². The first kappa shape index (κ1) is 16.4. The molecule has 1 fully saturated rings. The summed E-state index contributed by atoms with van der Waals surface area (Å²) < 4.78 is 0. The number of rotatable bonds is 8. The first-order chi connectivity index (χ1) is 9.08. The quantitative estimate of drug-likeness (QED) is 0.728. The summed E-state index contributed by atoms with van der Waals surface area (Å²) >= 11 is 0. The molecule has 0 aromatic heterocycles. The van der Waals surface area contributed by atoms with Crippen molar-refractivity contribution in [2.24, 2.45) is 0 Å². The fourth-order valence-corrected chi connectivity index (χ4v) is 2.73. The summed E-state index contributed by atoms with van der Waals surface area (Å²) in [5.74, 6) is 0.299. The molecular weight excluding hydrogens is 238 g/mol. The van der Waals surface area contributed by atoms with Gasteiger partial charge in [0, 0.05) is 25.7 Å². The van der Waals surface area contributed by atoms with E-state index in [1.165, 1.54) is 6.42 Å². The lowest BCUT2D eigenvalue weighted by molar-refractivity contribution is -0.136. The van der Waals surface area contributed by atoms with E-state index in [0.717, 1.165) is 45.6 Å². The molecule has 1 heterocycles. The van der Waals surface area contributed by atoms with Gasteiger partial charge in [-0.25, -0.2) is 0 Å². The Labute approximate surface area is 118 Å². The summed E-state index contributed by atoms with van der Waals surface area (Å²) in [6.45, 7) is 13.6. The third-order valence-electron chi connectivity index (χ3n) is 3.74. The fraction of sp³-hybridized carbons (Fsp3) is 0.933. The van der Waals surface area contributed by atoms with Crippen molar-refractivity contribution in [3.63, 3.8) is 0 Å². The van der Waals surface area contributed by atoms with Gasteiger partial charge in [-0.3, -0.25) is 4.79 Å². The van der Waals surface area contributed by atoms with Crippen LogP contribution >= 0.6 is 0 Å². The zero-order chi connectivity index (χ0) is 14.3. The molecule has 4 nitrogen and oxygen atoms in total. The molecule has 1 amide bonds. The number of nitrogens with one attached hydrogen (secondary N) is 1. The SMILES string of the molecule is CCCN(CC)CCN1CCCC(NC(C)C)C1=O. The van der Waals surface area contributed by atoms with Gasteiger partial charge < -0.3 is 15.1 Å². The molecule has 1 atom stereocenters. The summed E-state index contributed by atoms with van der Waals surface area (Å²) in [5, 5.41) is 3.38. The second-order valence-corrected chi connectivity index (χ2v) is 5.78. The average Bonchev–Trinajstić information content (AvgIpc) is 2.37. The smallest absolute Gasteiger partial charge is 0.239 e. The van der Waals surface area contributed by atoms with Crippen LogP contribution in [0.2, 0.25) is 0 Å². The van der Waals surface area contributed by atoms with Crippen LogP contribution in [0.4, 0.5) is 0 Å². The number of carbonyl (C=O) groups excluding carboxylic acids is 1. The van der Waals surface area contributed by atoms with E-state index in [9.17, 15) is 4.79 Å². The molecule has 112 valence electrons. The molecule has 1 aliphatic heterocycles. The van der Waals surface area contributed by atoms with Crippen LogP contribution in [-0.2, 0) is 4.79 Å². The van der Waals surface area contributed by atoms with E-state index < -0.39 is 0 Å². The molecule has 1 unspecified atom stereocenters. The van der Waals surface area contributed by atoms with Gasteiger partial charge in [0.05, 0.1) is 6.04 Å². The lowest BCUT2D eigenvalue weighted by Crippen LogP contribution is -2.53. The zero-order valence-electron chi connectivity index (χ0n) is 13.1. The normalized spacial score (nSPS) is 20.6. The first-order valence-electron chi connectivity index (χ1n) is 7.85. The Hall–Kier alpha value is -0.610. The van der Waals surface area contributed by atoms with Crippen molar-refractivity contribution < 1.29 is 4.79 Å². The van der Waals surface area contributed by atoms with Crippen LogP contribution in [0.3, 0.4) is 0 Å². The molecule has 1 N–H and O–H groups in total. The molecule has 0 radical (unpaired) electrons. The van der Waals surface area contributed by atoms with Gasteiger partial charge in [-0.15, -0.1) is 0 Å². The van der Waals surface area contributed by atoms with Gasteiger partial charge in [0.25, 0.3) is 0 Å². The Kier molecular flexibility index (Phi) is 7.39. The number of nitrogens with zero attached hydrogens (tertiary/aromatic N) is 2. The van der Waals surface area contributed by atoms with Gasteiger partial charge in [-0.2, -0.15) is 0 Å². The maximum absolute atomic E-state index is 12.4. The molecule has 1 saturated heterocycles. The lowest BCUT2D eigenvalue weighted by atomic mass is 10.0. The molecular formula is C15H31N3O. The molecule has 0 aromatic carbocycles. The van der Waals surface area contributed by atoms with Crippen molar-refractivity contribution >= 4 is 5.91 Å². The van der Waals surface area contributed by atoms with Crippen LogP contribution in [0.5, 0.6) is 0 Å². The number of likely N-dealkylation sites (tertiary alicyclic amines) is 1. The van der Waals surface area contributed by atoms with E-state index in [-0.39, 0.29) is 6.04 Å². The van der Waals surface area contributed by atoms with E-state index in [1.54, 1.807) is 0 Å². The summed E-state index contributed by atoms with van der Waals surface area (Å²) in [4.78, 5) is 16.8. The van der Waals surface area contributed by atoms with Crippen molar-refractivity contribution in [2.45, 2.75) is 59.0 Å². The molecule has 1 rings (SSSR count). The van der Waals surface area contributed by atoms with Gasteiger partial charge in [0.2, 0.25) is 5.91 Å². The van der Waals surface area contributed by atoms with E-state index >= 15 is 0 Å².